The normalized spacial score (nSPS) is 10.8. The molecule has 4 rings (SSSR count). The van der Waals surface area contributed by atoms with Crippen molar-refractivity contribution >= 4 is 22.6 Å². The molecule has 0 bridgehead atoms. The van der Waals surface area contributed by atoms with Crippen molar-refractivity contribution in [2.75, 3.05) is 7.11 Å². The highest BCUT2D eigenvalue weighted by Gasteiger charge is 2.15. The summed E-state index contributed by atoms with van der Waals surface area (Å²) < 4.78 is 21.1. The highest BCUT2D eigenvalue weighted by atomic mass is 35.5. The topological polar surface area (TPSA) is 63.7 Å². The van der Waals surface area contributed by atoms with E-state index in [4.69, 9.17) is 16.3 Å². The molecule has 0 fully saturated rings. The summed E-state index contributed by atoms with van der Waals surface area (Å²) in [5.74, 6) is 0.0239. The van der Waals surface area contributed by atoms with Gasteiger partial charge in [0, 0.05) is 23.2 Å². The van der Waals surface area contributed by atoms with E-state index >= 15 is 0 Å². The van der Waals surface area contributed by atoms with Crippen LogP contribution < -0.4 is 4.74 Å². The molecule has 5 nitrogen and oxygen atoms in total. The van der Waals surface area contributed by atoms with E-state index in [1.807, 2.05) is 29.0 Å². The van der Waals surface area contributed by atoms with Gasteiger partial charge in [-0.3, -0.25) is 0 Å². The van der Waals surface area contributed by atoms with E-state index in [0.29, 0.717) is 29.3 Å². The molecular weight excluding hydrogens is 379 g/mol. The maximum Gasteiger partial charge on any atom is 0.213 e. The molecule has 28 heavy (non-hydrogen) atoms. The highest BCUT2D eigenvalue weighted by Crippen LogP contribution is 2.32. The van der Waals surface area contributed by atoms with Crippen molar-refractivity contribution in [1.29, 1.82) is 5.26 Å². The molecule has 0 saturated heterocycles. The molecule has 0 N–H and O–H groups in total. The number of hydrogen-bond acceptors (Lipinski definition) is 4. The number of pyridine rings is 2. The van der Waals surface area contributed by atoms with Gasteiger partial charge in [0.2, 0.25) is 5.88 Å². The second-order valence-corrected chi connectivity index (χ2v) is 6.56. The number of ether oxygens (including phenoxy) is 1. The van der Waals surface area contributed by atoms with Gasteiger partial charge in [0.25, 0.3) is 0 Å². The monoisotopic (exact) mass is 392 g/mol. The number of fused-ring (bicyclic) bond motifs is 1. The van der Waals surface area contributed by atoms with Gasteiger partial charge >= 0.3 is 0 Å². The van der Waals surface area contributed by atoms with E-state index in [0.717, 1.165) is 16.6 Å². The van der Waals surface area contributed by atoms with Crippen molar-refractivity contribution in [1.82, 2.24) is 14.5 Å². The molecule has 0 spiro atoms. The Kier molecular flexibility index (Phi) is 4.68. The zero-order chi connectivity index (χ0) is 19.7. The molecule has 0 aliphatic carbocycles. The zero-order valence-electron chi connectivity index (χ0n) is 14.9. The molecule has 7 heteroatoms. The van der Waals surface area contributed by atoms with Crippen molar-refractivity contribution in [3.05, 3.63) is 77.0 Å². The van der Waals surface area contributed by atoms with Crippen molar-refractivity contribution in [3.8, 4) is 23.1 Å². The molecule has 0 aliphatic rings. The van der Waals surface area contributed by atoms with Gasteiger partial charge < -0.3 is 9.30 Å². The van der Waals surface area contributed by atoms with Gasteiger partial charge in [0.15, 0.2) is 0 Å². The minimum absolute atomic E-state index is 0.0676. The van der Waals surface area contributed by atoms with E-state index in [-0.39, 0.29) is 5.02 Å². The fourth-order valence-electron chi connectivity index (χ4n) is 3.07. The fourth-order valence-corrected chi connectivity index (χ4v) is 3.19. The first-order chi connectivity index (χ1) is 13.6. The Morgan fingerprint density at radius 2 is 2.04 bits per heavy atom. The van der Waals surface area contributed by atoms with Crippen LogP contribution in [0.15, 0.2) is 54.7 Å². The molecule has 0 aliphatic heterocycles. The maximum absolute atomic E-state index is 14.0. The maximum atomic E-state index is 14.0. The third-order valence-electron chi connectivity index (χ3n) is 4.39. The summed E-state index contributed by atoms with van der Waals surface area (Å²) in [7, 11) is 1.56. The number of nitriles is 1. The number of benzene rings is 1. The standard InChI is InChI=1S/C21H14ClFN4O/c1-28-20-4-2-3-15(25-20)11-27-12-17(13-5-8-18(22)19(23)9-13)16-7-6-14(10-24)26-21(16)27/h2-9,12H,11H2,1H3. The smallest absolute Gasteiger partial charge is 0.213 e. The third kappa shape index (κ3) is 3.28. The number of rotatable bonds is 4. The van der Waals surface area contributed by atoms with Crippen LogP contribution in [0.5, 0.6) is 5.88 Å². The SMILES string of the molecule is COc1cccc(Cn2cc(-c3ccc(Cl)c(F)c3)c3ccc(C#N)nc32)n1. The summed E-state index contributed by atoms with van der Waals surface area (Å²) in [5.41, 5.74) is 3.17. The number of nitrogens with zero attached hydrogens (tertiary/aromatic N) is 4. The Labute approximate surface area is 165 Å². The lowest BCUT2D eigenvalue weighted by Gasteiger charge is -2.06. The lowest BCUT2D eigenvalue weighted by atomic mass is 10.1. The minimum atomic E-state index is -0.490. The van der Waals surface area contributed by atoms with Gasteiger partial charge in [-0.1, -0.05) is 23.7 Å². The summed E-state index contributed by atoms with van der Waals surface area (Å²) in [5, 5.41) is 10.1. The Bertz CT molecular complexity index is 1230. The van der Waals surface area contributed by atoms with E-state index in [9.17, 15) is 9.65 Å². The number of aromatic nitrogens is 3. The van der Waals surface area contributed by atoms with E-state index < -0.39 is 5.82 Å². The molecule has 3 aromatic heterocycles. The van der Waals surface area contributed by atoms with Crippen molar-refractivity contribution in [3.63, 3.8) is 0 Å². The second-order valence-electron chi connectivity index (χ2n) is 6.15. The Morgan fingerprint density at radius 1 is 1.18 bits per heavy atom. The van der Waals surface area contributed by atoms with Crippen LogP contribution in [0.2, 0.25) is 5.02 Å². The minimum Gasteiger partial charge on any atom is -0.481 e. The predicted molar refractivity (Wildman–Crippen MR) is 105 cm³/mol. The summed E-state index contributed by atoms with van der Waals surface area (Å²) in [6, 6.07) is 15.7. The summed E-state index contributed by atoms with van der Waals surface area (Å²) >= 11 is 5.82. The Hall–Kier alpha value is -3.43. The number of methoxy groups -OCH3 is 1. The van der Waals surface area contributed by atoms with Crippen LogP contribution in [0.25, 0.3) is 22.2 Å². The average molecular weight is 393 g/mol. The van der Waals surface area contributed by atoms with Gasteiger partial charge in [-0.05, 0) is 35.9 Å². The van der Waals surface area contributed by atoms with Crippen LogP contribution in [0.4, 0.5) is 4.39 Å². The van der Waals surface area contributed by atoms with E-state index in [1.54, 1.807) is 25.3 Å². The quantitative estimate of drug-likeness (QED) is 0.499. The zero-order valence-corrected chi connectivity index (χ0v) is 15.6. The fraction of sp³-hybridized carbons (Fsp3) is 0.0952. The van der Waals surface area contributed by atoms with Crippen LogP contribution in [0.1, 0.15) is 11.4 Å². The number of halogens is 2. The van der Waals surface area contributed by atoms with Crippen LogP contribution in [-0.2, 0) is 6.54 Å². The molecular formula is C21H14ClFN4O. The van der Waals surface area contributed by atoms with Crippen LogP contribution in [-0.4, -0.2) is 21.6 Å². The average Bonchev–Trinajstić information content (AvgIpc) is 3.07. The first-order valence-corrected chi connectivity index (χ1v) is 8.82. The Balaban J connectivity index is 1.87. The Morgan fingerprint density at radius 3 is 2.79 bits per heavy atom. The van der Waals surface area contributed by atoms with Gasteiger partial charge in [0.1, 0.15) is 23.2 Å². The second kappa shape index (κ2) is 7.29. The molecule has 4 aromatic rings. The summed E-state index contributed by atoms with van der Waals surface area (Å²) in [4.78, 5) is 8.87. The predicted octanol–water partition coefficient (Wildman–Crippen LogP) is 4.82. The molecule has 0 amide bonds. The molecule has 1 aromatic carbocycles. The summed E-state index contributed by atoms with van der Waals surface area (Å²) in [6.07, 6.45) is 1.88. The van der Waals surface area contributed by atoms with Crippen LogP contribution >= 0.6 is 11.6 Å². The van der Waals surface area contributed by atoms with Crippen molar-refractivity contribution < 1.29 is 9.13 Å². The molecule has 0 saturated carbocycles. The molecule has 0 atom stereocenters. The van der Waals surface area contributed by atoms with Gasteiger partial charge in [-0.25, -0.2) is 14.4 Å². The van der Waals surface area contributed by atoms with E-state index in [2.05, 4.69) is 16.0 Å². The molecule has 3 heterocycles. The van der Waals surface area contributed by atoms with Crippen molar-refractivity contribution in [2.24, 2.45) is 0 Å². The highest BCUT2D eigenvalue weighted by molar-refractivity contribution is 6.30. The largest absolute Gasteiger partial charge is 0.481 e. The lowest BCUT2D eigenvalue weighted by molar-refractivity contribution is 0.396. The van der Waals surface area contributed by atoms with E-state index in [1.165, 1.54) is 12.1 Å². The molecule has 138 valence electrons. The van der Waals surface area contributed by atoms with Gasteiger partial charge in [-0.2, -0.15) is 5.26 Å². The van der Waals surface area contributed by atoms with Crippen molar-refractivity contribution in [2.45, 2.75) is 6.54 Å². The lowest BCUT2D eigenvalue weighted by Crippen LogP contribution is -2.02. The molecule has 0 unspecified atom stereocenters. The first kappa shape index (κ1) is 18.0. The molecule has 0 radical (unpaired) electrons. The number of hydrogen-bond donors (Lipinski definition) is 0. The van der Waals surface area contributed by atoms with Gasteiger partial charge in [0.05, 0.1) is 24.4 Å². The van der Waals surface area contributed by atoms with Crippen LogP contribution in [0, 0.1) is 17.1 Å². The van der Waals surface area contributed by atoms with Crippen LogP contribution in [0.3, 0.4) is 0 Å². The summed E-state index contributed by atoms with van der Waals surface area (Å²) in [6.45, 7) is 0.422. The first-order valence-electron chi connectivity index (χ1n) is 8.44. The third-order valence-corrected chi connectivity index (χ3v) is 4.70. The van der Waals surface area contributed by atoms with Gasteiger partial charge in [-0.15, -0.1) is 0 Å².